The Morgan fingerprint density at radius 3 is 0.853 bits per heavy atom. The van der Waals surface area contributed by atoms with Crippen LogP contribution in [0.1, 0.15) is 105 Å². The molecule has 0 aliphatic carbocycles. The van der Waals surface area contributed by atoms with Crippen molar-refractivity contribution in [3.05, 3.63) is 119 Å². The molecule has 0 saturated carbocycles. The Labute approximate surface area is 407 Å². The summed E-state index contributed by atoms with van der Waals surface area (Å²) in [6.45, 7) is 27.0. The maximum Gasteiger partial charge on any atom is 0.231 e. The highest BCUT2D eigenvalue weighted by Crippen LogP contribution is 2.54. The molecule has 0 radical (unpaired) electrons. The van der Waals surface area contributed by atoms with E-state index in [2.05, 4.69) is 180 Å². The normalized spacial score (nSPS) is 13.6. The average Bonchev–Trinajstić information content (AvgIpc) is 3.98. The van der Waals surface area contributed by atoms with Crippen molar-refractivity contribution in [2.45, 2.75) is 105 Å². The van der Waals surface area contributed by atoms with Gasteiger partial charge in [0, 0.05) is 33.4 Å². The van der Waals surface area contributed by atoms with Crippen LogP contribution in [0.15, 0.2) is 97.1 Å². The Morgan fingerprint density at radius 1 is 0.353 bits per heavy atom. The van der Waals surface area contributed by atoms with E-state index in [4.69, 9.17) is 37.9 Å². The lowest BCUT2D eigenvalue weighted by Gasteiger charge is -2.31. The molecule has 0 atom stereocenters. The molecular formula is C58H68O8P2. The average molecular weight is 955 g/mol. The molecule has 2 heterocycles. The van der Waals surface area contributed by atoms with E-state index in [-0.39, 0.29) is 35.2 Å². The summed E-state index contributed by atoms with van der Waals surface area (Å²) in [4.78, 5) is 0. The van der Waals surface area contributed by atoms with E-state index in [1.165, 1.54) is 21.2 Å². The van der Waals surface area contributed by atoms with E-state index in [0.717, 1.165) is 67.0 Å². The topological polar surface area (TPSA) is 73.8 Å². The summed E-state index contributed by atoms with van der Waals surface area (Å²) in [5, 5.41) is 6.85. The fourth-order valence-electron chi connectivity index (χ4n) is 9.32. The summed E-state index contributed by atoms with van der Waals surface area (Å²) in [6, 6.07) is 35.4. The molecule has 0 bridgehead atoms. The zero-order chi connectivity index (χ0) is 49.1. The molecule has 0 spiro atoms. The predicted molar refractivity (Wildman–Crippen MR) is 283 cm³/mol. The Bertz CT molecular complexity index is 2530. The standard InChI is InChI=1S/C58H68O8P2/c1-55(2,3)39-29-35(17-21-43(39)59-13)67(36-18-22-44(60-14)40(30-36)56(4,5)6)49-27-25-47-53(65-33-63-47)51(49)52-50(28-26-48-54(52)66-34-64-48)68(37-19-23-45(61-15)41(31-37)57(7,8)9)38-20-24-46(62-16)42(32-38)58(10,11)12/h17-32H,33-34H2,1-16H3. The Balaban J connectivity index is 1.52. The number of fused-ring (bicyclic) bond motifs is 2. The monoisotopic (exact) mass is 954 g/mol. The van der Waals surface area contributed by atoms with Gasteiger partial charge in [0.2, 0.25) is 13.6 Å². The van der Waals surface area contributed by atoms with E-state index in [9.17, 15) is 0 Å². The molecule has 2 aliphatic rings. The zero-order valence-corrected chi connectivity index (χ0v) is 44.6. The molecule has 2 aliphatic heterocycles. The van der Waals surface area contributed by atoms with Gasteiger partial charge in [-0.25, -0.2) is 0 Å². The molecule has 0 saturated heterocycles. The van der Waals surface area contributed by atoms with Crippen molar-refractivity contribution in [2.24, 2.45) is 0 Å². The Hall–Kier alpha value is -5.42. The van der Waals surface area contributed by atoms with Crippen molar-refractivity contribution < 1.29 is 37.9 Å². The molecule has 0 fully saturated rings. The van der Waals surface area contributed by atoms with Gasteiger partial charge in [-0.15, -0.1) is 0 Å². The van der Waals surface area contributed by atoms with Crippen LogP contribution in [0.4, 0.5) is 0 Å². The number of hydrogen-bond acceptors (Lipinski definition) is 8. The van der Waals surface area contributed by atoms with Crippen LogP contribution in [0.25, 0.3) is 11.1 Å². The Morgan fingerprint density at radius 2 is 0.618 bits per heavy atom. The van der Waals surface area contributed by atoms with Crippen molar-refractivity contribution in [3.8, 4) is 57.1 Å². The van der Waals surface area contributed by atoms with Crippen LogP contribution in [0.2, 0.25) is 0 Å². The number of hydrogen-bond donors (Lipinski definition) is 0. The van der Waals surface area contributed by atoms with Crippen LogP contribution in [0.3, 0.4) is 0 Å². The quantitative estimate of drug-likeness (QED) is 0.119. The molecular weight excluding hydrogens is 887 g/mol. The van der Waals surface area contributed by atoms with Crippen LogP contribution in [-0.2, 0) is 21.7 Å². The first kappa shape index (κ1) is 49.0. The summed E-state index contributed by atoms with van der Waals surface area (Å²) in [5.74, 6) is 6.15. The van der Waals surface area contributed by atoms with Crippen LogP contribution >= 0.6 is 15.8 Å². The lowest BCUT2D eigenvalue weighted by molar-refractivity contribution is 0.173. The SMILES string of the molecule is COc1ccc(P(c2ccc(OC)c(C(C)(C)C)c2)c2ccc3c(c2-c2c(P(c4ccc(OC)c(C(C)(C)C)c4)c4ccc(OC)c(C(C)(C)C)c4)ccc4c2OCO4)OCO3)cc1C(C)(C)C. The van der Waals surface area contributed by atoms with Crippen molar-refractivity contribution in [3.63, 3.8) is 0 Å². The molecule has 10 heteroatoms. The van der Waals surface area contributed by atoms with Crippen LogP contribution in [0, 0.1) is 0 Å². The van der Waals surface area contributed by atoms with E-state index in [1.54, 1.807) is 28.4 Å². The van der Waals surface area contributed by atoms with Crippen LogP contribution < -0.4 is 69.7 Å². The minimum Gasteiger partial charge on any atom is -0.496 e. The number of benzene rings is 6. The van der Waals surface area contributed by atoms with E-state index < -0.39 is 15.8 Å². The van der Waals surface area contributed by atoms with Gasteiger partial charge in [-0.1, -0.05) is 107 Å². The first-order valence-corrected chi connectivity index (χ1v) is 26.0. The van der Waals surface area contributed by atoms with Gasteiger partial charge in [0.05, 0.1) is 28.4 Å². The Kier molecular flexibility index (Phi) is 13.3. The summed E-state index contributed by atoms with van der Waals surface area (Å²) in [5.41, 5.74) is 5.52. The van der Waals surface area contributed by atoms with Gasteiger partial charge in [0.1, 0.15) is 23.0 Å². The minimum atomic E-state index is -1.33. The molecule has 0 unspecified atom stereocenters. The summed E-state index contributed by atoms with van der Waals surface area (Å²) in [7, 11) is 4.34. The van der Waals surface area contributed by atoms with Gasteiger partial charge in [-0.05, 0) is 142 Å². The van der Waals surface area contributed by atoms with E-state index in [0.29, 0.717) is 23.0 Å². The number of ether oxygens (including phenoxy) is 8. The lowest BCUT2D eigenvalue weighted by Crippen LogP contribution is -2.28. The second-order valence-corrected chi connectivity index (χ2v) is 26.0. The molecule has 6 aromatic carbocycles. The van der Waals surface area contributed by atoms with E-state index in [1.807, 2.05) is 0 Å². The van der Waals surface area contributed by atoms with Gasteiger partial charge in [0.25, 0.3) is 0 Å². The van der Waals surface area contributed by atoms with Crippen molar-refractivity contribution in [1.29, 1.82) is 0 Å². The first-order valence-electron chi connectivity index (χ1n) is 23.3. The summed E-state index contributed by atoms with van der Waals surface area (Å²) >= 11 is 0. The van der Waals surface area contributed by atoms with Crippen molar-refractivity contribution in [2.75, 3.05) is 42.0 Å². The second kappa shape index (κ2) is 18.5. The summed E-state index contributed by atoms with van der Waals surface area (Å²) < 4.78 is 50.1. The number of rotatable bonds is 11. The second-order valence-electron chi connectivity index (χ2n) is 21.6. The van der Waals surface area contributed by atoms with Crippen molar-refractivity contribution in [1.82, 2.24) is 0 Å². The first-order chi connectivity index (χ1) is 32.1. The number of methoxy groups -OCH3 is 4. The molecule has 68 heavy (non-hydrogen) atoms. The minimum absolute atomic E-state index is 0.0917. The van der Waals surface area contributed by atoms with Gasteiger partial charge in [0.15, 0.2) is 23.0 Å². The molecule has 8 nitrogen and oxygen atoms in total. The predicted octanol–water partition coefficient (Wildman–Crippen LogP) is 11.6. The third-order valence-corrected chi connectivity index (χ3v) is 17.7. The summed E-state index contributed by atoms with van der Waals surface area (Å²) in [6.07, 6.45) is 0. The van der Waals surface area contributed by atoms with Gasteiger partial charge in [-0.2, -0.15) is 0 Å². The zero-order valence-electron chi connectivity index (χ0n) is 42.8. The fraction of sp³-hybridized carbons (Fsp3) is 0.379. The molecule has 0 N–H and O–H groups in total. The largest absolute Gasteiger partial charge is 0.496 e. The third-order valence-electron chi connectivity index (χ3n) is 12.8. The van der Waals surface area contributed by atoms with Gasteiger partial charge >= 0.3 is 0 Å². The maximum absolute atomic E-state index is 6.70. The molecule has 8 rings (SSSR count). The molecule has 358 valence electrons. The highest BCUT2D eigenvalue weighted by molar-refractivity contribution is 7.80. The highest BCUT2D eigenvalue weighted by atomic mass is 31.1. The lowest BCUT2D eigenvalue weighted by atomic mass is 9.86. The van der Waals surface area contributed by atoms with Crippen LogP contribution in [0.5, 0.6) is 46.0 Å². The molecule has 0 aromatic heterocycles. The third kappa shape index (κ3) is 9.24. The van der Waals surface area contributed by atoms with Crippen LogP contribution in [-0.4, -0.2) is 42.0 Å². The molecule has 6 aromatic rings. The van der Waals surface area contributed by atoms with Crippen molar-refractivity contribution >= 4 is 47.7 Å². The smallest absolute Gasteiger partial charge is 0.231 e. The van der Waals surface area contributed by atoms with E-state index >= 15 is 0 Å². The maximum atomic E-state index is 6.70. The highest BCUT2D eigenvalue weighted by Gasteiger charge is 2.38. The van der Waals surface area contributed by atoms with Gasteiger partial charge < -0.3 is 37.9 Å². The fourth-order valence-corrected chi connectivity index (χ4v) is 14.3. The molecule has 0 amide bonds. The van der Waals surface area contributed by atoms with Gasteiger partial charge in [-0.3, -0.25) is 0 Å².